The summed E-state index contributed by atoms with van der Waals surface area (Å²) < 4.78 is 11.4. The molecule has 2 N–H and O–H groups in total. The molecular weight excluding hydrogens is 356 g/mol. The Kier molecular flexibility index (Phi) is 7.03. The number of rotatable bonds is 9. The van der Waals surface area contributed by atoms with Crippen LogP contribution in [0.3, 0.4) is 0 Å². The molecule has 0 radical (unpaired) electrons. The van der Waals surface area contributed by atoms with E-state index in [1.54, 1.807) is 23.1 Å². The molecule has 1 heterocycles. The molecule has 1 saturated heterocycles. The molecule has 0 spiro atoms. The van der Waals surface area contributed by atoms with Crippen LogP contribution in [0.15, 0.2) is 54.6 Å². The quantitative estimate of drug-likeness (QED) is 0.723. The van der Waals surface area contributed by atoms with Crippen molar-refractivity contribution in [3.63, 3.8) is 0 Å². The summed E-state index contributed by atoms with van der Waals surface area (Å²) in [6, 6.07) is 16.8. The van der Waals surface area contributed by atoms with E-state index in [0.29, 0.717) is 24.5 Å². The zero-order chi connectivity index (χ0) is 19.8. The van der Waals surface area contributed by atoms with E-state index >= 15 is 0 Å². The zero-order valence-electron chi connectivity index (χ0n) is 15.9. The second kappa shape index (κ2) is 9.90. The van der Waals surface area contributed by atoms with Crippen molar-refractivity contribution in [2.75, 3.05) is 19.8 Å². The van der Waals surface area contributed by atoms with E-state index in [-0.39, 0.29) is 25.0 Å². The molecule has 1 unspecified atom stereocenters. The molecule has 1 aliphatic heterocycles. The second-order valence-corrected chi connectivity index (χ2v) is 6.90. The number of nitrogens with zero attached hydrogens (tertiary/aromatic N) is 1. The highest BCUT2D eigenvalue weighted by Crippen LogP contribution is 2.19. The number of carbonyl (C=O) groups excluding carboxylic acids is 2. The Labute approximate surface area is 165 Å². The molecule has 0 saturated carbocycles. The van der Waals surface area contributed by atoms with Crippen molar-refractivity contribution in [1.29, 1.82) is 0 Å². The first-order valence-electron chi connectivity index (χ1n) is 9.58. The highest BCUT2D eigenvalue weighted by Gasteiger charge is 2.19. The van der Waals surface area contributed by atoms with Gasteiger partial charge in [0, 0.05) is 31.7 Å². The summed E-state index contributed by atoms with van der Waals surface area (Å²) >= 11 is 0. The van der Waals surface area contributed by atoms with Crippen LogP contribution in [0.2, 0.25) is 0 Å². The lowest BCUT2D eigenvalue weighted by molar-refractivity contribution is -0.118. The van der Waals surface area contributed by atoms with Crippen molar-refractivity contribution in [2.45, 2.75) is 31.9 Å². The summed E-state index contributed by atoms with van der Waals surface area (Å²) in [5, 5.41) is 0. The topological polar surface area (TPSA) is 81.9 Å². The van der Waals surface area contributed by atoms with Gasteiger partial charge in [-0.15, -0.1) is 0 Å². The Balaban J connectivity index is 1.69. The molecule has 28 heavy (non-hydrogen) atoms. The van der Waals surface area contributed by atoms with E-state index in [2.05, 4.69) is 0 Å². The molecule has 1 atom stereocenters. The van der Waals surface area contributed by atoms with Gasteiger partial charge in [0.15, 0.2) is 0 Å². The van der Waals surface area contributed by atoms with Gasteiger partial charge >= 0.3 is 0 Å². The van der Waals surface area contributed by atoms with Gasteiger partial charge in [-0.05, 0) is 36.6 Å². The average Bonchev–Trinajstić information content (AvgIpc) is 3.23. The predicted octanol–water partition coefficient (Wildman–Crippen LogP) is 2.76. The molecule has 0 aromatic heterocycles. The minimum absolute atomic E-state index is 0.115. The molecule has 0 aliphatic carbocycles. The number of amides is 2. The van der Waals surface area contributed by atoms with E-state index in [1.165, 1.54) is 0 Å². The lowest BCUT2D eigenvalue weighted by atomic mass is 10.1. The summed E-state index contributed by atoms with van der Waals surface area (Å²) in [5.41, 5.74) is 6.80. The van der Waals surface area contributed by atoms with Crippen LogP contribution in [-0.4, -0.2) is 42.6 Å². The standard InChI is InChI=1S/C22H26N2O4/c23-21(25)11-12-24(15-17-6-2-1-3-7-17)22(26)18-8-4-9-19(14-18)28-16-20-10-5-13-27-20/h1-4,6-9,14,20H,5,10-13,15-16H2,(H2,23,25). The van der Waals surface area contributed by atoms with Crippen LogP contribution in [0, 0.1) is 0 Å². The maximum Gasteiger partial charge on any atom is 0.254 e. The van der Waals surface area contributed by atoms with Crippen LogP contribution in [0.1, 0.15) is 35.2 Å². The van der Waals surface area contributed by atoms with Gasteiger partial charge in [0.05, 0.1) is 6.10 Å². The summed E-state index contributed by atoms with van der Waals surface area (Å²) in [6.07, 6.45) is 2.29. The number of hydrogen-bond donors (Lipinski definition) is 1. The Bertz CT molecular complexity index is 788. The van der Waals surface area contributed by atoms with Crippen LogP contribution < -0.4 is 10.5 Å². The third kappa shape index (κ3) is 5.82. The third-order valence-corrected chi connectivity index (χ3v) is 4.67. The Hall–Kier alpha value is -2.86. The highest BCUT2D eigenvalue weighted by atomic mass is 16.5. The SMILES string of the molecule is NC(=O)CCN(Cc1ccccc1)C(=O)c1cccc(OCC2CCCO2)c1. The molecule has 2 aromatic carbocycles. The molecule has 6 nitrogen and oxygen atoms in total. The predicted molar refractivity (Wildman–Crippen MR) is 106 cm³/mol. The van der Waals surface area contributed by atoms with Gasteiger partial charge in [0.1, 0.15) is 12.4 Å². The fourth-order valence-electron chi connectivity index (χ4n) is 3.17. The van der Waals surface area contributed by atoms with Crippen molar-refractivity contribution < 1.29 is 19.1 Å². The summed E-state index contributed by atoms with van der Waals surface area (Å²) in [6.45, 7) is 1.94. The van der Waals surface area contributed by atoms with E-state index < -0.39 is 5.91 Å². The number of hydrogen-bond acceptors (Lipinski definition) is 4. The van der Waals surface area contributed by atoms with Crippen LogP contribution in [-0.2, 0) is 16.1 Å². The van der Waals surface area contributed by atoms with Gasteiger partial charge in [-0.2, -0.15) is 0 Å². The zero-order valence-corrected chi connectivity index (χ0v) is 15.9. The van der Waals surface area contributed by atoms with Crippen molar-refractivity contribution >= 4 is 11.8 Å². The monoisotopic (exact) mass is 382 g/mol. The highest BCUT2D eigenvalue weighted by molar-refractivity contribution is 5.94. The molecule has 3 rings (SSSR count). The average molecular weight is 382 g/mol. The Morgan fingerprint density at radius 1 is 1.14 bits per heavy atom. The lowest BCUT2D eigenvalue weighted by Crippen LogP contribution is -2.33. The molecule has 2 amide bonds. The molecule has 148 valence electrons. The number of benzene rings is 2. The van der Waals surface area contributed by atoms with Crippen LogP contribution in [0.4, 0.5) is 0 Å². The molecule has 0 bridgehead atoms. The third-order valence-electron chi connectivity index (χ3n) is 4.67. The van der Waals surface area contributed by atoms with Gasteiger partial charge in [0.25, 0.3) is 5.91 Å². The lowest BCUT2D eigenvalue weighted by Gasteiger charge is -2.23. The Morgan fingerprint density at radius 3 is 2.68 bits per heavy atom. The van der Waals surface area contributed by atoms with E-state index in [4.69, 9.17) is 15.2 Å². The van der Waals surface area contributed by atoms with Crippen molar-refractivity contribution in [3.05, 3.63) is 65.7 Å². The first-order chi connectivity index (χ1) is 13.6. The van der Waals surface area contributed by atoms with Crippen LogP contribution in [0.5, 0.6) is 5.75 Å². The van der Waals surface area contributed by atoms with E-state index in [9.17, 15) is 9.59 Å². The molecule has 1 aliphatic rings. The normalized spacial score (nSPS) is 15.9. The smallest absolute Gasteiger partial charge is 0.254 e. The second-order valence-electron chi connectivity index (χ2n) is 6.90. The van der Waals surface area contributed by atoms with Crippen LogP contribution in [0.25, 0.3) is 0 Å². The van der Waals surface area contributed by atoms with Crippen molar-refractivity contribution in [2.24, 2.45) is 5.73 Å². The molecule has 2 aromatic rings. The maximum atomic E-state index is 13.1. The first-order valence-corrected chi connectivity index (χ1v) is 9.58. The van der Waals surface area contributed by atoms with Crippen molar-refractivity contribution in [3.8, 4) is 5.75 Å². The summed E-state index contributed by atoms with van der Waals surface area (Å²) in [5.74, 6) is 0.0445. The van der Waals surface area contributed by atoms with E-state index in [1.807, 2.05) is 36.4 Å². The Morgan fingerprint density at radius 2 is 1.96 bits per heavy atom. The van der Waals surface area contributed by atoms with Crippen molar-refractivity contribution in [1.82, 2.24) is 4.90 Å². The number of primary amides is 1. The number of ether oxygens (including phenoxy) is 2. The summed E-state index contributed by atoms with van der Waals surface area (Å²) in [4.78, 5) is 25.9. The minimum atomic E-state index is -0.431. The maximum absolute atomic E-state index is 13.1. The van der Waals surface area contributed by atoms with Gasteiger partial charge in [-0.1, -0.05) is 36.4 Å². The molecule has 1 fully saturated rings. The summed E-state index contributed by atoms with van der Waals surface area (Å²) in [7, 11) is 0. The minimum Gasteiger partial charge on any atom is -0.491 e. The molecule has 6 heteroatoms. The van der Waals surface area contributed by atoms with Crippen LogP contribution >= 0.6 is 0 Å². The van der Waals surface area contributed by atoms with E-state index in [0.717, 1.165) is 25.0 Å². The van der Waals surface area contributed by atoms with Gasteiger partial charge in [0.2, 0.25) is 5.91 Å². The number of carbonyl (C=O) groups is 2. The first kappa shape index (κ1) is 19.9. The van der Waals surface area contributed by atoms with Gasteiger partial charge in [-0.3, -0.25) is 9.59 Å². The van der Waals surface area contributed by atoms with Gasteiger partial charge < -0.3 is 20.1 Å². The van der Waals surface area contributed by atoms with Gasteiger partial charge in [-0.25, -0.2) is 0 Å². The fourth-order valence-corrected chi connectivity index (χ4v) is 3.17. The number of nitrogens with two attached hydrogens (primary N) is 1. The fraction of sp³-hybridized carbons (Fsp3) is 0.364. The largest absolute Gasteiger partial charge is 0.491 e. The molecular formula is C22H26N2O4.